The molecule has 0 radical (unpaired) electrons. The van der Waals surface area contributed by atoms with Crippen LogP contribution in [0.5, 0.6) is 17.2 Å². The first-order valence-corrected chi connectivity index (χ1v) is 10.1. The van der Waals surface area contributed by atoms with E-state index in [-0.39, 0.29) is 17.1 Å². The Morgan fingerprint density at radius 2 is 1.85 bits per heavy atom. The number of hydrogen-bond acceptors (Lipinski definition) is 6. The largest absolute Gasteiger partial charge is 0.495 e. The normalized spacial score (nSPS) is 13.1. The van der Waals surface area contributed by atoms with E-state index in [1.807, 2.05) is 13.0 Å². The number of amides is 1. The average Bonchev–Trinajstić information content (AvgIpc) is 2.66. The molecule has 0 saturated carbocycles. The van der Waals surface area contributed by atoms with Crippen LogP contribution in [0.4, 0.5) is 5.69 Å². The maximum atomic E-state index is 12.6. The minimum absolute atomic E-state index is 0.104. The summed E-state index contributed by atoms with van der Waals surface area (Å²) in [4.78, 5) is 12.3. The molecule has 1 amide bonds. The van der Waals surface area contributed by atoms with Gasteiger partial charge in [-0.05, 0) is 36.8 Å². The summed E-state index contributed by atoms with van der Waals surface area (Å²) in [5, 5.41) is 2.70. The fraction of sp³-hybridized carbons (Fsp3) is 0.316. The molecule has 2 aromatic carbocycles. The summed E-state index contributed by atoms with van der Waals surface area (Å²) < 4.78 is 41.1. The number of carbonyl (C=O) groups is 1. The molecule has 8 heteroatoms. The van der Waals surface area contributed by atoms with Crippen molar-refractivity contribution < 1.29 is 27.4 Å². The Kier molecular flexibility index (Phi) is 5.55. The molecule has 27 heavy (non-hydrogen) atoms. The minimum Gasteiger partial charge on any atom is -0.495 e. The van der Waals surface area contributed by atoms with Crippen molar-refractivity contribution in [1.29, 1.82) is 0 Å². The average molecular weight is 391 g/mol. The second-order valence-corrected chi connectivity index (χ2v) is 8.24. The van der Waals surface area contributed by atoms with Crippen molar-refractivity contribution in [3.8, 4) is 17.2 Å². The van der Waals surface area contributed by atoms with Gasteiger partial charge in [-0.2, -0.15) is 0 Å². The monoisotopic (exact) mass is 391 g/mol. The molecule has 0 saturated heterocycles. The van der Waals surface area contributed by atoms with E-state index < -0.39 is 15.7 Å². The first kappa shape index (κ1) is 19.0. The standard InChI is InChI=1S/C19H21NO6S/c1-13-3-5-16(24-2)15(11-13)20-19(21)7-10-27(22,23)14-4-6-17-18(12-14)26-9-8-25-17/h3-6,11-12H,7-10H2,1-2H3,(H,20,21). The van der Waals surface area contributed by atoms with Crippen LogP contribution in [0, 0.1) is 6.92 Å². The van der Waals surface area contributed by atoms with Crippen LogP contribution >= 0.6 is 0 Å². The number of aryl methyl sites for hydroxylation is 1. The molecular formula is C19H21NO6S. The molecule has 0 aromatic heterocycles. The Morgan fingerprint density at radius 3 is 2.59 bits per heavy atom. The SMILES string of the molecule is COc1ccc(C)cc1NC(=O)CCS(=O)(=O)c1ccc2c(c1)OCCO2. The van der Waals surface area contributed by atoms with Crippen LogP contribution in [-0.2, 0) is 14.6 Å². The zero-order valence-electron chi connectivity index (χ0n) is 15.2. The third kappa shape index (κ3) is 4.51. The predicted molar refractivity (Wildman–Crippen MR) is 100 cm³/mol. The third-order valence-corrected chi connectivity index (χ3v) is 5.81. The van der Waals surface area contributed by atoms with E-state index in [0.29, 0.717) is 36.1 Å². The Bertz CT molecular complexity index is 955. The highest BCUT2D eigenvalue weighted by Crippen LogP contribution is 2.32. The van der Waals surface area contributed by atoms with E-state index in [2.05, 4.69) is 5.32 Å². The summed E-state index contributed by atoms with van der Waals surface area (Å²) in [6.07, 6.45) is -0.173. The van der Waals surface area contributed by atoms with Gasteiger partial charge in [-0.1, -0.05) is 6.07 Å². The lowest BCUT2D eigenvalue weighted by atomic mass is 10.2. The van der Waals surface area contributed by atoms with Crippen molar-refractivity contribution in [2.45, 2.75) is 18.2 Å². The Hall–Kier alpha value is -2.74. The number of fused-ring (bicyclic) bond motifs is 1. The quantitative estimate of drug-likeness (QED) is 0.814. The van der Waals surface area contributed by atoms with Crippen LogP contribution in [0.1, 0.15) is 12.0 Å². The van der Waals surface area contributed by atoms with E-state index in [0.717, 1.165) is 5.56 Å². The molecule has 1 N–H and O–H groups in total. The molecule has 3 rings (SSSR count). The lowest BCUT2D eigenvalue weighted by Crippen LogP contribution is -2.19. The van der Waals surface area contributed by atoms with Crippen LogP contribution in [0.25, 0.3) is 0 Å². The molecule has 2 aromatic rings. The molecule has 0 bridgehead atoms. The van der Waals surface area contributed by atoms with Crippen LogP contribution < -0.4 is 19.5 Å². The van der Waals surface area contributed by atoms with Crippen LogP contribution in [0.15, 0.2) is 41.3 Å². The molecule has 0 unspecified atom stereocenters. The Labute approximate surface area is 158 Å². The summed E-state index contributed by atoms with van der Waals surface area (Å²) in [5.74, 6) is 0.719. The number of benzene rings is 2. The number of nitrogens with one attached hydrogen (secondary N) is 1. The molecule has 0 aliphatic carbocycles. The number of carbonyl (C=O) groups excluding carboxylic acids is 1. The van der Waals surface area contributed by atoms with E-state index in [1.54, 1.807) is 18.2 Å². The first-order valence-electron chi connectivity index (χ1n) is 8.46. The minimum atomic E-state index is -3.63. The Balaban J connectivity index is 1.67. The van der Waals surface area contributed by atoms with Crippen LogP contribution in [0.3, 0.4) is 0 Å². The first-order chi connectivity index (χ1) is 12.9. The number of rotatable bonds is 6. The molecule has 144 valence electrons. The topological polar surface area (TPSA) is 90.9 Å². The van der Waals surface area contributed by atoms with E-state index >= 15 is 0 Å². The second kappa shape index (κ2) is 7.87. The van der Waals surface area contributed by atoms with Gasteiger partial charge in [0.2, 0.25) is 5.91 Å². The maximum absolute atomic E-state index is 12.6. The van der Waals surface area contributed by atoms with Crippen molar-refractivity contribution in [2.24, 2.45) is 0 Å². The molecular weight excluding hydrogens is 370 g/mol. The number of hydrogen-bond donors (Lipinski definition) is 1. The van der Waals surface area contributed by atoms with Crippen molar-refractivity contribution in [3.63, 3.8) is 0 Å². The molecule has 0 spiro atoms. The van der Waals surface area contributed by atoms with Gasteiger partial charge in [0.15, 0.2) is 21.3 Å². The van der Waals surface area contributed by atoms with Gasteiger partial charge < -0.3 is 19.5 Å². The summed E-state index contributed by atoms with van der Waals surface area (Å²) in [6, 6.07) is 9.85. The third-order valence-electron chi connectivity index (χ3n) is 4.10. The summed E-state index contributed by atoms with van der Waals surface area (Å²) in [7, 11) is -2.13. The van der Waals surface area contributed by atoms with Crippen LogP contribution in [-0.4, -0.2) is 40.4 Å². The second-order valence-electron chi connectivity index (χ2n) is 6.13. The summed E-state index contributed by atoms with van der Waals surface area (Å²) in [6.45, 7) is 2.69. The van der Waals surface area contributed by atoms with Gasteiger partial charge in [-0.25, -0.2) is 8.42 Å². The van der Waals surface area contributed by atoms with E-state index in [1.165, 1.54) is 19.2 Å². The highest BCUT2D eigenvalue weighted by atomic mass is 32.2. The highest BCUT2D eigenvalue weighted by Gasteiger charge is 2.21. The fourth-order valence-corrected chi connectivity index (χ4v) is 3.95. The molecule has 7 nitrogen and oxygen atoms in total. The number of anilines is 1. The van der Waals surface area contributed by atoms with Gasteiger partial charge in [0.1, 0.15) is 19.0 Å². The Morgan fingerprint density at radius 1 is 1.11 bits per heavy atom. The summed E-state index contributed by atoms with van der Waals surface area (Å²) >= 11 is 0. The van der Waals surface area contributed by atoms with Crippen molar-refractivity contribution in [2.75, 3.05) is 31.4 Å². The van der Waals surface area contributed by atoms with Crippen molar-refractivity contribution in [1.82, 2.24) is 0 Å². The fourth-order valence-electron chi connectivity index (χ4n) is 2.69. The number of sulfone groups is 1. The summed E-state index contributed by atoms with van der Waals surface area (Å²) in [5.41, 5.74) is 1.47. The lowest BCUT2D eigenvalue weighted by molar-refractivity contribution is -0.115. The zero-order valence-corrected chi connectivity index (χ0v) is 16.0. The van der Waals surface area contributed by atoms with E-state index in [4.69, 9.17) is 14.2 Å². The lowest BCUT2D eigenvalue weighted by Gasteiger charge is -2.18. The van der Waals surface area contributed by atoms with Crippen molar-refractivity contribution >= 4 is 21.4 Å². The number of ether oxygens (including phenoxy) is 3. The zero-order chi connectivity index (χ0) is 19.4. The molecule has 0 atom stereocenters. The number of methoxy groups -OCH3 is 1. The highest BCUT2D eigenvalue weighted by molar-refractivity contribution is 7.91. The van der Waals surface area contributed by atoms with Gasteiger partial charge in [-0.15, -0.1) is 0 Å². The smallest absolute Gasteiger partial charge is 0.225 e. The molecule has 1 aliphatic heterocycles. The van der Waals surface area contributed by atoms with Gasteiger partial charge in [0.25, 0.3) is 0 Å². The van der Waals surface area contributed by atoms with Gasteiger partial charge in [-0.3, -0.25) is 4.79 Å². The van der Waals surface area contributed by atoms with E-state index in [9.17, 15) is 13.2 Å². The molecule has 1 heterocycles. The van der Waals surface area contributed by atoms with Crippen LogP contribution in [0.2, 0.25) is 0 Å². The van der Waals surface area contributed by atoms with Gasteiger partial charge in [0.05, 0.1) is 23.4 Å². The maximum Gasteiger partial charge on any atom is 0.225 e. The molecule has 1 aliphatic rings. The van der Waals surface area contributed by atoms with Gasteiger partial charge in [0, 0.05) is 12.5 Å². The van der Waals surface area contributed by atoms with Gasteiger partial charge >= 0.3 is 0 Å². The molecule has 0 fully saturated rings. The predicted octanol–water partition coefficient (Wildman–Crippen LogP) is 2.58. The van der Waals surface area contributed by atoms with Crippen molar-refractivity contribution in [3.05, 3.63) is 42.0 Å².